The first kappa shape index (κ1) is 26.8. The fourth-order valence-electron chi connectivity index (χ4n) is 3.67. The van der Waals surface area contributed by atoms with E-state index in [9.17, 15) is 9.59 Å². The number of hydrogen-bond acceptors (Lipinski definition) is 3. The second-order valence-electron chi connectivity index (χ2n) is 9.10. The third-order valence-corrected chi connectivity index (χ3v) is 6.81. The number of amides is 2. The van der Waals surface area contributed by atoms with Gasteiger partial charge in [0.05, 0.1) is 5.75 Å². The van der Waals surface area contributed by atoms with Crippen LogP contribution in [-0.4, -0.2) is 35.1 Å². The first-order valence-corrected chi connectivity index (χ1v) is 13.2. The Morgan fingerprint density at radius 3 is 2.29 bits per heavy atom. The van der Waals surface area contributed by atoms with E-state index in [0.717, 1.165) is 16.0 Å². The van der Waals surface area contributed by atoms with Gasteiger partial charge in [-0.1, -0.05) is 85.6 Å². The SMILES string of the molecule is Cc1ccc(SCC(=O)N(Cc2cccc(Cl)c2)[C@@H](Cc2ccccc2)C(=O)NCC(C)C)cc1. The van der Waals surface area contributed by atoms with Crippen molar-refractivity contribution in [3.8, 4) is 0 Å². The largest absolute Gasteiger partial charge is 0.354 e. The number of halogens is 1. The summed E-state index contributed by atoms with van der Waals surface area (Å²) < 4.78 is 0. The van der Waals surface area contributed by atoms with Crippen LogP contribution in [0.25, 0.3) is 0 Å². The Kier molecular flexibility index (Phi) is 10.2. The Hall–Kier alpha value is -2.76. The topological polar surface area (TPSA) is 49.4 Å². The van der Waals surface area contributed by atoms with E-state index in [0.29, 0.717) is 30.5 Å². The first-order chi connectivity index (χ1) is 16.8. The molecule has 0 saturated heterocycles. The minimum absolute atomic E-state index is 0.0869. The summed E-state index contributed by atoms with van der Waals surface area (Å²) in [5.41, 5.74) is 3.07. The predicted octanol–water partition coefficient (Wildman–Crippen LogP) is 6.15. The van der Waals surface area contributed by atoms with Gasteiger partial charge in [0.2, 0.25) is 11.8 Å². The molecule has 0 aliphatic rings. The number of aryl methyl sites for hydroxylation is 1. The number of rotatable bonds is 11. The Morgan fingerprint density at radius 1 is 0.943 bits per heavy atom. The van der Waals surface area contributed by atoms with Crippen LogP contribution in [0, 0.1) is 12.8 Å². The minimum atomic E-state index is -0.638. The van der Waals surface area contributed by atoms with Gasteiger partial charge in [-0.05, 0) is 48.2 Å². The van der Waals surface area contributed by atoms with Gasteiger partial charge in [-0.25, -0.2) is 0 Å². The van der Waals surface area contributed by atoms with Crippen molar-refractivity contribution < 1.29 is 9.59 Å². The molecule has 35 heavy (non-hydrogen) atoms. The molecule has 3 aromatic carbocycles. The summed E-state index contributed by atoms with van der Waals surface area (Å²) in [6, 6.07) is 24.8. The molecular formula is C29H33ClN2O2S. The molecule has 3 aromatic rings. The summed E-state index contributed by atoms with van der Waals surface area (Å²) in [7, 11) is 0. The van der Waals surface area contributed by atoms with Crippen molar-refractivity contribution in [3.63, 3.8) is 0 Å². The summed E-state index contributed by atoms with van der Waals surface area (Å²) in [6.07, 6.45) is 0.437. The summed E-state index contributed by atoms with van der Waals surface area (Å²) in [5.74, 6) is 0.326. The van der Waals surface area contributed by atoms with Gasteiger partial charge in [0, 0.05) is 29.4 Å². The highest BCUT2D eigenvalue weighted by molar-refractivity contribution is 8.00. The molecule has 1 atom stereocenters. The van der Waals surface area contributed by atoms with Gasteiger partial charge in [-0.15, -0.1) is 11.8 Å². The number of carbonyl (C=O) groups excluding carboxylic acids is 2. The van der Waals surface area contributed by atoms with Gasteiger partial charge in [-0.3, -0.25) is 9.59 Å². The lowest BCUT2D eigenvalue weighted by molar-refractivity contribution is -0.139. The standard InChI is InChI=1S/C29H33ClN2O2S/c1-21(2)18-31-29(34)27(17-23-8-5-4-6-9-23)32(19-24-10-7-11-25(30)16-24)28(33)20-35-26-14-12-22(3)13-15-26/h4-16,21,27H,17-20H2,1-3H3,(H,31,34)/t27-/m0/s1. The van der Waals surface area contributed by atoms with Crippen molar-refractivity contribution >= 4 is 35.2 Å². The van der Waals surface area contributed by atoms with Gasteiger partial charge in [0.25, 0.3) is 0 Å². The van der Waals surface area contributed by atoms with Crippen molar-refractivity contribution in [2.45, 2.75) is 44.7 Å². The van der Waals surface area contributed by atoms with Crippen molar-refractivity contribution in [2.75, 3.05) is 12.3 Å². The number of hydrogen-bond donors (Lipinski definition) is 1. The molecular weight excluding hydrogens is 476 g/mol. The Morgan fingerprint density at radius 2 is 1.63 bits per heavy atom. The molecule has 0 aliphatic carbocycles. The molecule has 0 bridgehead atoms. The number of carbonyl (C=O) groups is 2. The van der Waals surface area contributed by atoms with E-state index in [1.165, 1.54) is 17.3 Å². The van der Waals surface area contributed by atoms with E-state index in [-0.39, 0.29) is 17.6 Å². The molecule has 0 aliphatic heterocycles. The molecule has 0 saturated carbocycles. The van der Waals surface area contributed by atoms with E-state index in [2.05, 4.69) is 19.2 Å². The molecule has 1 N–H and O–H groups in total. The van der Waals surface area contributed by atoms with Gasteiger partial charge in [0.15, 0.2) is 0 Å². The van der Waals surface area contributed by atoms with Crippen LogP contribution in [-0.2, 0) is 22.6 Å². The number of nitrogens with zero attached hydrogens (tertiary/aromatic N) is 1. The van der Waals surface area contributed by atoms with Crippen LogP contribution >= 0.6 is 23.4 Å². The second-order valence-corrected chi connectivity index (χ2v) is 10.6. The van der Waals surface area contributed by atoms with Crippen molar-refractivity contribution in [2.24, 2.45) is 5.92 Å². The van der Waals surface area contributed by atoms with Gasteiger partial charge < -0.3 is 10.2 Å². The molecule has 6 heteroatoms. The smallest absolute Gasteiger partial charge is 0.243 e. The monoisotopic (exact) mass is 508 g/mol. The van der Waals surface area contributed by atoms with Crippen LogP contribution < -0.4 is 5.32 Å². The fourth-order valence-corrected chi connectivity index (χ4v) is 4.67. The van der Waals surface area contributed by atoms with Crippen molar-refractivity contribution in [1.29, 1.82) is 0 Å². The maximum Gasteiger partial charge on any atom is 0.243 e. The quantitative estimate of drug-likeness (QED) is 0.316. The van der Waals surface area contributed by atoms with Gasteiger partial charge in [-0.2, -0.15) is 0 Å². The average Bonchev–Trinajstić information content (AvgIpc) is 2.85. The van der Waals surface area contributed by atoms with E-state index >= 15 is 0 Å². The predicted molar refractivity (Wildman–Crippen MR) is 146 cm³/mol. The summed E-state index contributed by atoms with van der Waals surface area (Å²) in [4.78, 5) is 29.8. The highest BCUT2D eigenvalue weighted by Gasteiger charge is 2.30. The van der Waals surface area contributed by atoms with Crippen LogP contribution in [0.3, 0.4) is 0 Å². The number of benzene rings is 3. The van der Waals surface area contributed by atoms with Crippen LogP contribution in [0.1, 0.15) is 30.5 Å². The lowest BCUT2D eigenvalue weighted by atomic mass is 10.0. The maximum absolute atomic E-state index is 13.6. The second kappa shape index (κ2) is 13.4. The van der Waals surface area contributed by atoms with Gasteiger partial charge >= 0.3 is 0 Å². The highest BCUT2D eigenvalue weighted by Crippen LogP contribution is 2.22. The van der Waals surface area contributed by atoms with Crippen molar-refractivity contribution in [3.05, 3.63) is 101 Å². The number of thioether (sulfide) groups is 1. The van der Waals surface area contributed by atoms with Crippen LogP contribution in [0.15, 0.2) is 83.8 Å². The zero-order valence-corrected chi connectivity index (χ0v) is 22.1. The Bertz CT molecular complexity index is 1100. The van der Waals surface area contributed by atoms with Crippen LogP contribution in [0.5, 0.6) is 0 Å². The number of nitrogens with one attached hydrogen (secondary N) is 1. The van der Waals surface area contributed by atoms with Crippen LogP contribution in [0.2, 0.25) is 5.02 Å². The molecule has 0 heterocycles. The molecule has 0 radical (unpaired) electrons. The minimum Gasteiger partial charge on any atom is -0.354 e. The highest BCUT2D eigenvalue weighted by atomic mass is 35.5. The Balaban J connectivity index is 1.89. The third kappa shape index (κ3) is 8.75. The average molecular weight is 509 g/mol. The zero-order chi connectivity index (χ0) is 25.2. The molecule has 2 amide bonds. The van der Waals surface area contributed by atoms with E-state index in [1.54, 1.807) is 11.0 Å². The van der Waals surface area contributed by atoms with Gasteiger partial charge in [0.1, 0.15) is 6.04 Å². The lowest BCUT2D eigenvalue weighted by Gasteiger charge is -2.32. The van der Waals surface area contributed by atoms with Crippen molar-refractivity contribution in [1.82, 2.24) is 10.2 Å². The lowest BCUT2D eigenvalue weighted by Crippen LogP contribution is -2.51. The van der Waals surface area contributed by atoms with E-state index in [1.807, 2.05) is 79.7 Å². The maximum atomic E-state index is 13.6. The van der Waals surface area contributed by atoms with E-state index < -0.39 is 6.04 Å². The molecule has 0 spiro atoms. The van der Waals surface area contributed by atoms with E-state index in [4.69, 9.17) is 11.6 Å². The normalized spacial score (nSPS) is 11.8. The van der Waals surface area contributed by atoms with Crippen LogP contribution in [0.4, 0.5) is 0 Å². The first-order valence-electron chi connectivity index (χ1n) is 11.9. The Labute approximate surface area is 218 Å². The fraction of sp³-hybridized carbons (Fsp3) is 0.310. The molecule has 0 unspecified atom stereocenters. The molecule has 0 fully saturated rings. The third-order valence-electron chi connectivity index (χ3n) is 5.58. The summed E-state index contributed by atoms with van der Waals surface area (Å²) >= 11 is 7.72. The summed E-state index contributed by atoms with van der Waals surface area (Å²) in [6.45, 7) is 7.01. The molecule has 4 nitrogen and oxygen atoms in total. The zero-order valence-electron chi connectivity index (χ0n) is 20.5. The molecule has 184 valence electrons. The molecule has 3 rings (SSSR count). The molecule has 0 aromatic heterocycles. The summed E-state index contributed by atoms with van der Waals surface area (Å²) in [5, 5.41) is 3.65.